The molecule has 1 aliphatic rings. The Morgan fingerprint density at radius 3 is 2.06 bits per heavy atom. The highest BCUT2D eigenvalue weighted by Gasteiger charge is 2.31. The van der Waals surface area contributed by atoms with Crippen LogP contribution in [0.5, 0.6) is 0 Å². The summed E-state index contributed by atoms with van der Waals surface area (Å²) in [5.74, 6) is -0.582. The number of anilines is 1. The van der Waals surface area contributed by atoms with Gasteiger partial charge in [-0.25, -0.2) is 12.8 Å². The number of benzene rings is 3. The topological polar surface area (TPSA) is 69.7 Å². The highest BCUT2D eigenvalue weighted by atomic mass is 32.2. The molecule has 6 nitrogen and oxygen atoms in total. The third-order valence-electron chi connectivity index (χ3n) is 5.72. The number of para-hydroxylation sites is 1. The van der Waals surface area contributed by atoms with E-state index in [9.17, 15) is 17.6 Å². The molecule has 1 aliphatic heterocycles. The van der Waals surface area contributed by atoms with Gasteiger partial charge in [0.05, 0.1) is 10.6 Å². The smallest absolute Gasteiger partial charge is 0.241 e. The first-order valence-electron chi connectivity index (χ1n) is 10.8. The number of carbonyl (C=O) groups excluding carboxylic acids is 1. The predicted molar refractivity (Wildman–Crippen MR) is 126 cm³/mol. The molecule has 0 bridgehead atoms. The summed E-state index contributed by atoms with van der Waals surface area (Å²) in [6.45, 7) is 1.70. The Kier molecular flexibility index (Phi) is 7.05. The van der Waals surface area contributed by atoms with E-state index in [1.807, 2.05) is 35.2 Å². The van der Waals surface area contributed by atoms with Crippen molar-refractivity contribution in [2.24, 2.45) is 0 Å². The first kappa shape index (κ1) is 22.9. The van der Waals surface area contributed by atoms with Gasteiger partial charge in [0.25, 0.3) is 0 Å². The molecule has 1 saturated heterocycles. The van der Waals surface area contributed by atoms with E-state index in [0.29, 0.717) is 31.9 Å². The molecule has 1 amide bonds. The van der Waals surface area contributed by atoms with Gasteiger partial charge in [-0.1, -0.05) is 60.7 Å². The maximum atomic E-state index is 14.1. The average Bonchev–Trinajstić information content (AvgIpc) is 2.85. The predicted octanol–water partition coefficient (Wildman–Crippen LogP) is 3.06. The summed E-state index contributed by atoms with van der Waals surface area (Å²) in [4.78, 5) is 17.1. The quantitative estimate of drug-likeness (QED) is 0.580. The standard InChI is InChI=1S/C25H26FN3O3S/c26-22-13-7-8-14-24(22)28-15-17-29(18-16-28)25(30)23(19-20-9-3-1-4-10-20)27-33(31,32)21-11-5-2-6-12-21/h1-14,23,27H,15-19H2. The minimum absolute atomic E-state index is 0.111. The van der Waals surface area contributed by atoms with Gasteiger partial charge in [0.2, 0.25) is 15.9 Å². The third kappa shape index (κ3) is 5.58. The number of nitrogens with zero attached hydrogens (tertiary/aromatic N) is 2. The van der Waals surface area contributed by atoms with Crippen molar-refractivity contribution >= 4 is 21.6 Å². The fourth-order valence-electron chi connectivity index (χ4n) is 3.98. The zero-order valence-electron chi connectivity index (χ0n) is 18.1. The molecule has 33 heavy (non-hydrogen) atoms. The molecular formula is C25H26FN3O3S. The number of rotatable bonds is 7. The fourth-order valence-corrected chi connectivity index (χ4v) is 5.19. The van der Waals surface area contributed by atoms with Gasteiger partial charge in [-0.05, 0) is 36.2 Å². The van der Waals surface area contributed by atoms with Gasteiger partial charge in [-0.3, -0.25) is 4.79 Å². The SMILES string of the molecule is O=C(C(Cc1ccccc1)NS(=O)(=O)c1ccccc1)N1CCN(c2ccccc2F)CC1. The van der Waals surface area contributed by atoms with Crippen molar-refractivity contribution in [3.63, 3.8) is 0 Å². The van der Waals surface area contributed by atoms with Crippen LogP contribution in [0.3, 0.4) is 0 Å². The zero-order chi connectivity index (χ0) is 23.3. The van der Waals surface area contributed by atoms with Crippen molar-refractivity contribution in [1.29, 1.82) is 0 Å². The van der Waals surface area contributed by atoms with Crippen LogP contribution in [0.4, 0.5) is 10.1 Å². The van der Waals surface area contributed by atoms with Crippen molar-refractivity contribution < 1.29 is 17.6 Å². The minimum atomic E-state index is -3.88. The van der Waals surface area contributed by atoms with Crippen LogP contribution >= 0.6 is 0 Å². The van der Waals surface area contributed by atoms with Crippen molar-refractivity contribution in [3.8, 4) is 0 Å². The Hall–Kier alpha value is -3.23. The van der Waals surface area contributed by atoms with Gasteiger partial charge in [0.15, 0.2) is 0 Å². The number of hydrogen-bond acceptors (Lipinski definition) is 4. The van der Waals surface area contributed by atoms with Crippen molar-refractivity contribution in [2.75, 3.05) is 31.1 Å². The summed E-state index contributed by atoms with van der Waals surface area (Å²) < 4.78 is 42.7. The van der Waals surface area contributed by atoms with Crippen LogP contribution in [0.15, 0.2) is 89.8 Å². The van der Waals surface area contributed by atoms with Gasteiger partial charge >= 0.3 is 0 Å². The number of piperazine rings is 1. The van der Waals surface area contributed by atoms with Gasteiger partial charge in [-0.2, -0.15) is 4.72 Å². The summed E-state index contributed by atoms with van der Waals surface area (Å²) >= 11 is 0. The molecule has 3 aromatic rings. The monoisotopic (exact) mass is 467 g/mol. The van der Waals surface area contributed by atoms with E-state index in [4.69, 9.17) is 0 Å². The number of sulfonamides is 1. The third-order valence-corrected chi connectivity index (χ3v) is 7.20. The van der Waals surface area contributed by atoms with Gasteiger partial charge < -0.3 is 9.80 Å². The molecule has 3 aromatic carbocycles. The summed E-state index contributed by atoms with van der Waals surface area (Å²) in [7, 11) is -3.88. The normalized spacial score (nSPS) is 15.3. The molecule has 0 saturated carbocycles. The summed E-state index contributed by atoms with van der Waals surface area (Å²) in [5, 5.41) is 0. The van der Waals surface area contributed by atoms with Crippen molar-refractivity contribution in [3.05, 3.63) is 96.3 Å². The molecule has 1 unspecified atom stereocenters. The lowest BCUT2D eigenvalue weighted by Crippen LogP contribution is -2.55. The second-order valence-corrected chi connectivity index (χ2v) is 9.65. The van der Waals surface area contributed by atoms with E-state index in [0.717, 1.165) is 5.56 Å². The largest absolute Gasteiger partial charge is 0.366 e. The minimum Gasteiger partial charge on any atom is -0.366 e. The van der Waals surface area contributed by atoms with Crippen LogP contribution in [0, 0.1) is 5.82 Å². The van der Waals surface area contributed by atoms with Crippen LogP contribution in [-0.4, -0.2) is 51.4 Å². The lowest BCUT2D eigenvalue weighted by Gasteiger charge is -2.37. The summed E-state index contributed by atoms with van der Waals surface area (Å²) in [6.07, 6.45) is 0.235. The van der Waals surface area contributed by atoms with Crippen LogP contribution < -0.4 is 9.62 Å². The van der Waals surface area contributed by atoms with E-state index in [2.05, 4.69) is 4.72 Å². The molecule has 1 fully saturated rings. The van der Waals surface area contributed by atoms with E-state index in [1.165, 1.54) is 18.2 Å². The molecular weight excluding hydrogens is 441 g/mol. The Labute approximate surface area is 193 Å². The Bertz CT molecular complexity index is 1180. The number of amides is 1. The summed E-state index contributed by atoms with van der Waals surface area (Å²) in [6, 6.07) is 23.0. The molecule has 1 heterocycles. The average molecular weight is 468 g/mol. The Morgan fingerprint density at radius 1 is 0.848 bits per heavy atom. The van der Waals surface area contributed by atoms with Crippen molar-refractivity contribution in [1.82, 2.24) is 9.62 Å². The molecule has 1 N–H and O–H groups in total. The molecule has 0 aromatic heterocycles. The van der Waals surface area contributed by atoms with E-state index >= 15 is 0 Å². The second-order valence-electron chi connectivity index (χ2n) is 7.94. The second kappa shape index (κ2) is 10.1. The lowest BCUT2D eigenvalue weighted by atomic mass is 10.1. The molecule has 0 radical (unpaired) electrons. The molecule has 0 aliphatic carbocycles. The highest BCUT2D eigenvalue weighted by Crippen LogP contribution is 2.21. The van der Waals surface area contributed by atoms with Gasteiger partial charge in [0.1, 0.15) is 11.9 Å². The van der Waals surface area contributed by atoms with E-state index in [1.54, 1.807) is 41.3 Å². The summed E-state index contributed by atoms with van der Waals surface area (Å²) in [5.41, 5.74) is 1.37. The van der Waals surface area contributed by atoms with Crippen LogP contribution in [-0.2, 0) is 21.2 Å². The molecule has 8 heteroatoms. The number of hydrogen-bond donors (Lipinski definition) is 1. The first-order chi connectivity index (χ1) is 15.9. The molecule has 0 spiro atoms. The maximum absolute atomic E-state index is 14.1. The van der Waals surface area contributed by atoms with E-state index in [-0.39, 0.29) is 23.0 Å². The molecule has 4 rings (SSSR count). The van der Waals surface area contributed by atoms with Crippen LogP contribution in [0.25, 0.3) is 0 Å². The first-order valence-corrected chi connectivity index (χ1v) is 12.3. The lowest BCUT2D eigenvalue weighted by molar-refractivity contribution is -0.133. The Morgan fingerprint density at radius 2 is 1.42 bits per heavy atom. The highest BCUT2D eigenvalue weighted by molar-refractivity contribution is 7.89. The molecule has 172 valence electrons. The maximum Gasteiger partial charge on any atom is 0.241 e. The zero-order valence-corrected chi connectivity index (χ0v) is 18.9. The van der Waals surface area contributed by atoms with Gasteiger partial charge in [0, 0.05) is 26.2 Å². The van der Waals surface area contributed by atoms with Gasteiger partial charge in [-0.15, -0.1) is 0 Å². The van der Waals surface area contributed by atoms with Crippen LogP contribution in [0.1, 0.15) is 5.56 Å². The van der Waals surface area contributed by atoms with E-state index < -0.39 is 16.1 Å². The Balaban J connectivity index is 1.50. The fraction of sp³-hybridized carbons (Fsp3) is 0.240. The number of carbonyl (C=O) groups is 1. The number of halogens is 1. The molecule has 1 atom stereocenters. The number of nitrogens with one attached hydrogen (secondary N) is 1. The van der Waals surface area contributed by atoms with Crippen molar-refractivity contribution in [2.45, 2.75) is 17.4 Å². The van der Waals surface area contributed by atoms with Crippen LogP contribution in [0.2, 0.25) is 0 Å².